The summed E-state index contributed by atoms with van der Waals surface area (Å²) in [7, 11) is 0. The fourth-order valence-corrected chi connectivity index (χ4v) is 3.48. The number of benzene rings is 2. The van der Waals surface area contributed by atoms with Gasteiger partial charge in [0.1, 0.15) is 0 Å². The number of carbonyl (C=O) groups excluding carboxylic acids is 1. The molecule has 0 aliphatic rings. The third-order valence-corrected chi connectivity index (χ3v) is 5.16. The fraction of sp³-hybridized carbons (Fsp3) is 0.261. The van der Waals surface area contributed by atoms with Crippen molar-refractivity contribution in [2.75, 3.05) is 6.54 Å². The zero-order chi connectivity index (χ0) is 21.7. The predicted octanol–water partition coefficient (Wildman–Crippen LogP) is 6.26. The second-order valence-electron chi connectivity index (χ2n) is 7.02. The highest BCUT2D eigenvalue weighted by molar-refractivity contribution is 6.31. The maximum atomic E-state index is 13.0. The SMILES string of the molecule is CCCN(Cc1cccn1Cc1ccccc1Cl)C(=O)c1cccc(C(F)(F)F)c1. The van der Waals surface area contributed by atoms with E-state index in [-0.39, 0.29) is 5.56 Å². The van der Waals surface area contributed by atoms with Gasteiger partial charge >= 0.3 is 6.18 Å². The third kappa shape index (κ3) is 5.25. The first-order valence-electron chi connectivity index (χ1n) is 9.63. The lowest BCUT2D eigenvalue weighted by Crippen LogP contribution is -2.32. The van der Waals surface area contributed by atoms with Crippen LogP contribution in [-0.4, -0.2) is 21.9 Å². The molecule has 0 radical (unpaired) electrons. The Kier molecular flexibility index (Phi) is 6.87. The average molecular weight is 435 g/mol. The molecule has 0 unspecified atom stereocenters. The number of hydrogen-bond donors (Lipinski definition) is 0. The van der Waals surface area contributed by atoms with Crippen LogP contribution in [0.2, 0.25) is 5.02 Å². The van der Waals surface area contributed by atoms with Crippen LogP contribution < -0.4 is 0 Å². The first-order valence-corrected chi connectivity index (χ1v) is 10.0. The molecule has 0 N–H and O–H groups in total. The van der Waals surface area contributed by atoms with Crippen molar-refractivity contribution in [3.05, 3.63) is 94.3 Å². The molecule has 0 fully saturated rings. The Morgan fingerprint density at radius 2 is 1.83 bits per heavy atom. The molecule has 3 aromatic rings. The molecule has 0 bridgehead atoms. The Labute approximate surface area is 178 Å². The van der Waals surface area contributed by atoms with Crippen LogP contribution in [0, 0.1) is 0 Å². The molecule has 3 rings (SSSR count). The van der Waals surface area contributed by atoms with E-state index in [1.807, 2.05) is 54.1 Å². The molecule has 158 valence electrons. The molecular weight excluding hydrogens is 413 g/mol. The van der Waals surface area contributed by atoms with E-state index in [1.165, 1.54) is 12.1 Å². The number of aromatic nitrogens is 1. The van der Waals surface area contributed by atoms with Gasteiger partial charge in [-0.15, -0.1) is 0 Å². The quantitative estimate of drug-likeness (QED) is 0.430. The molecule has 0 atom stereocenters. The lowest BCUT2D eigenvalue weighted by atomic mass is 10.1. The average Bonchev–Trinajstić information content (AvgIpc) is 3.15. The van der Waals surface area contributed by atoms with Crippen molar-refractivity contribution in [1.82, 2.24) is 9.47 Å². The smallest absolute Gasteiger partial charge is 0.345 e. The van der Waals surface area contributed by atoms with Crippen molar-refractivity contribution in [3.63, 3.8) is 0 Å². The van der Waals surface area contributed by atoms with Crippen LogP contribution in [0.15, 0.2) is 66.9 Å². The van der Waals surface area contributed by atoms with Gasteiger partial charge in [-0.1, -0.05) is 42.8 Å². The molecule has 2 aromatic carbocycles. The molecule has 0 spiro atoms. The van der Waals surface area contributed by atoms with Gasteiger partial charge in [0.2, 0.25) is 0 Å². The number of nitrogens with zero attached hydrogens (tertiary/aromatic N) is 2. The Morgan fingerprint density at radius 1 is 1.07 bits per heavy atom. The lowest BCUT2D eigenvalue weighted by molar-refractivity contribution is -0.137. The van der Waals surface area contributed by atoms with Crippen molar-refractivity contribution < 1.29 is 18.0 Å². The number of hydrogen-bond acceptors (Lipinski definition) is 1. The summed E-state index contributed by atoms with van der Waals surface area (Å²) in [6.45, 7) is 3.20. The minimum absolute atomic E-state index is 0.0301. The van der Waals surface area contributed by atoms with E-state index >= 15 is 0 Å². The Hall–Kier alpha value is -2.73. The van der Waals surface area contributed by atoms with Crippen LogP contribution in [0.5, 0.6) is 0 Å². The minimum Gasteiger partial charge on any atom is -0.345 e. The van der Waals surface area contributed by atoms with Crippen LogP contribution >= 0.6 is 11.6 Å². The normalized spacial score (nSPS) is 11.5. The first kappa shape index (κ1) is 22.0. The van der Waals surface area contributed by atoms with Gasteiger partial charge in [-0.2, -0.15) is 13.2 Å². The summed E-state index contributed by atoms with van der Waals surface area (Å²) in [4.78, 5) is 14.6. The summed E-state index contributed by atoms with van der Waals surface area (Å²) in [6, 6.07) is 15.9. The van der Waals surface area contributed by atoms with Crippen molar-refractivity contribution >= 4 is 17.5 Å². The number of alkyl halides is 3. The molecule has 30 heavy (non-hydrogen) atoms. The zero-order valence-electron chi connectivity index (χ0n) is 16.5. The summed E-state index contributed by atoms with van der Waals surface area (Å²) in [5.74, 6) is -0.423. The van der Waals surface area contributed by atoms with Gasteiger partial charge in [-0.05, 0) is 48.4 Å². The summed E-state index contributed by atoms with van der Waals surface area (Å²) in [6.07, 6.45) is -1.90. The van der Waals surface area contributed by atoms with Crippen molar-refractivity contribution in [2.24, 2.45) is 0 Å². The summed E-state index contributed by atoms with van der Waals surface area (Å²) >= 11 is 6.26. The molecule has 1 aromatic heterocycles. The van der Waals surface area contributed by atoms with Crippen molar-refractivity contribution in [3.8, 4) is 0 Å². The fourth-order valence-electron chi connectivity index (χ4n) is 3.29. The highest BCUT2D eigenvalue weighted by atomic mass is 35.5. The zero-order valence-corrected chi connectivity index (χ0v) is 17.2. The summed E-state index contributed by atoms with van der Waals surface area (Å²) in [5.41, 5.74) is 1.03. The molecule has 0 aliphatic carbocycles. The van der Waals surface area contributed by atoms with E-state index < -0.39 is 17.6 Å². The monoisotopic (exact) mass is 434 g/mol. The van der Waals surface area contributed by atoms with Crippen LogP contribution in [0.3, 0.4) is 0 Å². The molecule has 0 saturated carbocycles. The second kappa shape index (κ2) is 9.39. The minimum atomic E-state index is -4.49. The van der Waals surface area contributed by atoms with E-state index in [0.717, 1.165) is 23.4 Å². The highest BCUT2D eigenvalue weighted by Gasteiger charge is 2.31. The number of halogens is 4. The van der Waals surface area contributed by atoms with Gasteiger partial charge in [0.25, 0.3) is 5.91 Å². The topological polar surface area (TPSA) is 25.2 Å². The van der Waals surface area contributed by atoms with Crippen LogP contribution in [0.25, 0.3) is 0 Å². The maximum Gasteiger partial charge on any atom is 0.416 e. The predicted molar refractivity (Wildman–Crippen MR) is 111 cm³/mol. The summed E-state index contributed by atoms with van der Waals surface area (Å²) < 4.78 is 41.1. The maximum absolute atomic E-state index is 13.0. The standard InChI is InChI=1S/C23H22ClF3N2O/c1-2-12-29(22(30)17-8-5-9-19(14-17)23(25,26)27)16-20-10-6-13-28(20)15-18-7-3-4-11-21(18)24/h3-11,13-14H,2,12,15-16H2,1H3. The van der Waals surface area contributed by atoms with Crippen molar-refractivity contribution in [2.45, 2.75) is 32.6 Å². The summed E-state index contributed by atoms with van der Waals surface area (Å²) in [5, 5.41) is 0.655. The van der Waals surface area contributed by atoms with Crippen LogP contribution in [0.4, 0.5) is 13.2 Å². The molecule has 7 heteroatoms. The highest BCUT2D eigenvalue weighted by Crippen LogP contribution is 2.30. The Morgan fingerprint density at radius 3 is 2.53 bits per heavy atom. The number of amides is 1. The van der Waals surface area contributed by atoms with E-state index in [4.69, 9.17) is 11.6 Å². The van der Waals surface area contributed by atoms with Crippen LogP contribution in [0.1, 0.15) is 40.5 Å². The third-order valence-electron chi connectivity index (χ3n) is 4.79. The van der Waals surface area contributed by atoms with Crippen molar-refractivity contribution in [1.29, 1.82) is 0 Å². The number of rotatable bonds is 7. The largest absolute Gasteiger partial charge is 0.416 e. The van der Waals surface area contributed by atoms with Crippen LogP contribution in [-0.2, 0) is 19.3 Å². The Balaban J connectivity index is 1.83. The van der Waals surface area contributed by atoms with Gasteiger partial charge in [0.05, 0.1) is 12.1 Å². The molecule has 1 heterocycles. The van der Waals surface area contributed by atoms with Gasteiger partial charge in [0, 0.05) is 35.6 Å². The van der Waals surface area contributed by atoms with E-state index in [9.17, 15) is 18.0 Å². The van der Waals surface area contributed by atoms with Gasteiger partial charge in [-0.3, -0.25) is 4.79 Å². The van der Waals surface area contributed by atoms with Gasteiger partial charge in [-0.25, -0.2) is 0 Å². The molecular formula is C23H22ClF3N2O. The Bertz CT molecular complexity index is 1010. The van der Waals surface area contributed by atoms with E-state index in [0.29, 0.717) is 31.1 Å². The molecule has 0 aliphatic heterocycles. The number of carbonyl (C=O) groups is 1. The lowest BCUT2D eigenvalue weighted by Gasteiger charge is -2.24. The van der Waals surface area contributed by atoms with E-state index in [1.54, 1.807) is 4.90 Å². The second-order valence-corrected chi connectivity index (χ2v) is 7.43. The van der Waals surface area contributed by atoms with Gasteiger partial charge < -0.3 is 9.47 Å². The van der Waals surface area contributed by atoms with Gasteiger partial charge in [0.15, 0.2) is 0 Å². The van der Waals surface area contributed by atoms with E-state index in [2.05, 4.69) is 0 Å². The molecule has 1 amide bonds. The molecule has 3 nitrogen and oxygen atoms in total. The first-order chi connectivity index (χ1) is 14.3. The molecule has 0 saturated heterocycles.